The number of benzene rings is 1. The van der Waals surface area contributed by atoms with Gasteiger partial charge in [-0.2, -0.15) is 26.3 Å². The van der Waals surface area contributed by atoms with Crippen LogP contribution in [0.5, 0.6) is 0 Å². The lowest BCUT2D eigenvalue weighted by atomic mass is 9.92. The summed E-state index contributed by atoms with van der Waals surface area (Å²) in [6.45, 7) is 0. The van der Waals surface area contributed by atoms with Crippen LogP contribution in [-0.2, 0) is 12.6 Å². The van der Waals surface area contributed by atoms with Gasteiger partial charge in [-0.15, -0.1) is 0 Å². The van der Waals surface area contributed by atoms with Crippen LogP contribution in [0.3, 0.4) is 0 Å². The first-order valence-electron chi connectivity index (χ1n) is 7.10. The minimum atomic E-state index is -4.92. The molecule has 0 saturated heterocycles. The Bertz CT molecular complexity index is 815. The molecule has 0 spiro atoms. The van der Waals surface area contributed by atoms with Crippen LogP contribution in [-0.4, -0.2) is 23.1 Å². The van der Waals surface area contributed by atoms with Crippen molar-refractivity contribution in [3.05, 3.63) is 59.4 Å². The summed E-state index contributed by atoms with van der Waals surface area (Å²) in [7, 11) is 0. The standard InChI is InChI=1S/C16H10F6N2O/c17-15(18,19)11-5-6-23-8-12(11)24-13(16(20,21)22)7-9-3-1-2-4-10(9)14(24)25/h1-6,8,13H,7H2. The van der Waals surface area contributed by atoms with Crippen molar-refractivity contribution in [1.29, 1.82) is 0 Å². The average molecular weight is 360 g/mol. The van der Waals surface area contributed by atoms with E-state index in [9.17, 15) is 31.1 Å². The molecule has 1 aromatic heterocycles. The van der Waals surface area contributed by atoms with Crippen molar-refractivity contribution in [3.8, 4) is 0 Å². The smallest absolute Gasteiger partial charge is 0.294 e. The fourth-order valence-corrected chi connectivity index (χ4v) is 2.84. The van der Waals surface area contributed by atoms with Gasteiger partial charge < -0.3 is 0 Å². The molecular weight excluding hydrogens is 350 g/mol. The minimum absolute atomic E-state index is 0.0556. The lowest BCUT2D eigenvalue weighted by Crippen LogP contribution is -2.54. The van der Waals surface area contributed by atoms with E-state index in [4.69, 9.17) is 0 Å². The molecule has 1 aliphatic heterocycles. The number of hydrogen-bond donors (Lipinski definition) is 0. The van der Waals surface area contributed by atoms with Crippen molar-refractivity contribution in [2.24, 2.45) is 0 Å². The molecule has 132 valence electrons. The average Bonchev–Trinajstić information content (AvgIpc) is 2.53. The first-order valence-corrected chi connectivity index (χ1v) is 7.10. The molecule has 1 aliphatic rings. The topological polar surface area (TPSA) is 33.2 Å². The summed E-state index contributed by atoms with van der Waals surface area (Å²) in [4.78, 5) is 16.2. The van der Waals surface area contributed by atoms with Gasteiger partial charge in [-0.3, -0.25) is 14.7 Å². The molecule has 3 rings (SSSR count). The van der Waals surface area contributed by atoms with Crippen LogP contribution in [0.1, 0.15) is 21.5 Å². The van der Waals surface area contributed by atoms with Crippen molar-refractivity contribution in [1.82, 2.24) is 4.98 Å². The number of alkyl halides is 6. The number of halogens is 6. The predicted molar refractivity (Wildman–Crippen MR) is 76.0 cm³/mol. The molecule has 1 atom stereocenters. The molecular formula is C16H10F6N2O. The fraction of sp³-hybridized carbons (Fsp3) is 0.250. The van der Waals surface area contributed by atoms with Crippen LogP contribution >= 0.6 is 0 Å². The zero-order valence-corrected chi connectivity index (χ0v) is 12.4. The zero-order chi connectivity index (χ0) is 18.4. The number of amides is 1. The third-order valence-electron chi connectivity index (χ3n) is 3.93. The summed E-state index contributed by atoms with van der Waals surface area (Å²) < 4.78 is 80.0. The van der Waals surface area contributed by atoms with Crippen LogP contribution in [0.4, 0.5) is 32.0 Å². The second kappa shape index (κ2) is 5.75. The van der Waals surface area contributed by atoms with E-state index in [0.717, 1.165) is 6.20 Å². The number of carbonyl (C=O) groups is 1. The quantitative estimate of drug-likeness (QED) is 0.713. The first-order chi connectivity index (χ1) is 11.6. The number of aromatic nitrogens is 1. The van der Waals surface area contributed by atoms with Gasteiger partial charge in [0, 0.05) is 18.2 Å². The Balaban J connectivity index is 2.21. The molecule has 1 aromatic carbocycles. The summed E-state index contributed by atoms with van der Waals surface area (Å²) in [5.74, 6) is -1.14. The molecule has 2 heterocycles. The number of anilines is 1. The molecule has 0 saturated carbocycles. The maximum absolute atomic E-state index is 13.5. The summed E-state index contributed by atoms with van der Waals surface area (Å²) in [6.07, 6.45) is -9.00. The third-order valence-corrected chi connectivity index (χ3v) is 3.93. The maximum Gasteiger partial charge on any atom is 0.418 e. The second-order valence-electron chi connectivity index (χ2n) is 5.48. The highest BCUT2D eigenvalue weighted by Gasteiger charge is 2.51. The SMILES string of the molecule is O=C1c2ccccc2CC(C(F)(F)F)N1c1cnccc1C(F)(F)F. The molecule has 2 aromatic rings. The minimum Gasteiger partial charge on any atom is -0.294 e. The number of rotatable bonds is 1. The number of hydrogen-bond acceptors (Lipinski definition) is 2. The van der Waals surface area contributed by atoms with Gasteiger partial charge in [0.05, 0.1) is 17.4 Å². The Labute approximate surface area is 137 Å². The van der Waals surface area contributed by atoms with E-state index in [1.165, 1.54) is 24.3 Å². The van der Waals surface area contributed by atoms with Gasteiger partial charge in [-0.05, 0) is 17.7 Å². The van der Waals surface area contributed by atoms with Crippen molar-refractivity contribution in [3.63, 3.8) is 0 Å². The Morgan fingerprint density at radius 3 is 2.36 bits per heavy atom. The van der Waals surface area contributed by atoms with Gasteiger partial charge in [0.2, 0.25) is 0 Å². The number of nitrogens with zero attached hydrogens (tertiary/aromatic N) is 2. The number of carbonyl (C=O) groups excluding carboxylic acids is 1. The highest BCUT2D eigenvalue weighted by atomic mass is 19.4. The molecule has 0 radical (unpaired) electrons. The van der Waals surface area contributed by atoms with Crippen LogP contribution in [0.15, 0.2) is 42.7 Å². The number of fused-ring (bicyclic) bond motifs is 1. The zero-order valence-electron chi connectivity index (χ0n) is 12.4. The molecule has 9 heteroatoms. The Hall–Kier alpha value is -2.58. The van der Waals surface area contributed by atoms with E-state index >= 15 is 0 Å². The van der Waals surface area contributed by atoms with Gasteiger partial charge in [0.15, 0.2) is 0 Å². The Kier molecular flexibility index (Phi) is 3.97. The monoisotopic (exact) mass is 360 g/mol. The van der Waals surface area contributed by atoms with Crippen LogP contribution in [0, 0.1) is 0 Å². The lowest BCUT2D eigenvalue weighted by Gasteiger charge is -2.38. The molecule has 0 aliphatic carbocycles. The second-order valence-corrected chi connectivity index (χ2v) is 5.48. The van der Waals surface area contributed by atoms with E-state index in [1.54, 1.807) is 0 Å². The fourth-order valence-electron chi connectivity index (χ4n) is 2.84. The van der Waals surface area contributed by atoms with E-state index in [2.05, 4.69) is 4.98 Å². The first kappa shape index (κ1) is 17.2. The molecule has 0 N–H and O–H groups in total. The molecule has 3 nitrogen and oxygen atoms in total. The maximum atomic E-state index is 13.5. The van der Waals surface area contributed by atoms with E-state index in [0.29, 0.717) is 12.3 Å². The van der Waals surface area contributed by atoms with Gasteiger partial charge in [-0.25, -0.2) is 0 Å². The third kappa shape index (κ3) is 3.06. The molecule has 1 amide bonds. The van der Waals surface area contributed by atoms with Gasteiger partial charge in [0.25, 0.3) is 5.91 Å². The van der Waals surface area contributed by atoms with Crippen LogP contribution in [0.2, 0.25) is 0 Å². The van der Waals surface area contributed by atoms with Gasteiger partial charge in [-0.1, -0.05) is 18.2 Å². The largest absolute Gasteiger partial charge is 0.418 e. The lowest BCUT2D eigenvalue weighted by molar-refractivity contribution is -0.149. The molecule has 25 heavy (non-hydrogen) atoms. The molecule has 1 unspecified atom stereocenters. The van der Waals surface area contributed by atoms with Gasteiger partial charge in [0.1, 0.15) is 6.04 Å². The van der Waals surface area contributed by atoms with Crippen molar-refractivity contribution in [2.45, 2.75) is 24.8 Å². The Morgan fingerprint density at radius 2 is 1.72 bits per heavy atom. The predicted octanol–water partition coefficient (Wildman–Crippen LogP) is 4.23. The van der Waals surface area contributed by atoms with Crippen molar-refractivity contribution >= 4 is 11.6 Å². The summed E-state index contributed by atoms with van der Waals surface area (Å²) >= 11 is 0. The summed E-state index contributed by atoms with van der Waals surface area (Å²) in [6, 6.07) is 3.71. The highest BCUT2D eigenvalue weighted by molar-refractivity contribution is 6.09. The normalized spacial score (nSPS) is 18.2. The van der Waals surface area contributed by atoms with Crippen LogP contribution in [0.25, 0.3) is 0 Å². The molecule has 0 bridgehead atoms. The van der Waals surface area contributed by atoms with E-state index in [1.807, 2.05) is 0 Å². The van der Waals surface area contributed by atoms with Crippen LogP contribution < -0.4 is 4.90 Å². The molecule has 0 fully saturated rings. The van der Waals surface area contributed by atoms with Crippen molar-refractivity contribution in [2.75, 3.05) is 4.90 Å². The van der Waals surface area contributed by atoms with Crippen molar-refractivity contribution < 1.29 is 31.1 Å². The Morgan fingerprint density at radius 1 is 1.04 bits per heavy atom. The van der Waals surface area contributed by atoms with E-state index < -0.39 is 42.0 Å². The van der Waals surface area contributed by atoms with E-state index in [-0.39, 0.29) is 16.0 Å². The number of pyridine rings is 1. The highest BCUT2D eigenvalue weighted by Crippen LogP contribution is 2.42. The summed E-state index contributed by atoms with van der Waals surface area (Å²) in [5.41, 5.74) is -2.16. The summed E-state index contributed by atoms with van der Waals surface area (Å²) in [5, 5.41) is 0. The van der Waals surface area contributed by atoms with Gasteiger partial charge >= 0.3 is 12.4 Å².